The van der Waals surface area contributed by atoms with Gasteiger partial charge in [0.25, 0.3) is 5.56 Å². The molecule has 0 saturated heterocycles. The van der Waals surface area contributed by atoms with Gasteiger partial charge in [0.05, 0.1) is 24.1 Å². The van der Waals surface area contributed by atoms with Gasteiger partial charge in [0.1, 0.15) is 0 Å². The Morgan fingerprint density at radius 1 is 1.24 bits per heavy atom. The average Bonchev–Trinajstić information content (AvgIpc) is 2.59. The number of carbonyl (C=O) groups is 1. The van der Waals surface area contributed by atoms with E-state index in [2.05, 4.69) is 10.3 Å². The normalized spacial score (nSPS) is 10.6. The summed E-state index contributed by atoms with van der Waals surface area (Å²) in [5.74, 6) is 0.113. The van der Waals surface area contributed by atoms with E-state index < -0.39 is 6.09 Å². The maximum absolute atomic E-state index is 12.9. The van der Waals surface area contributed by atoms with Gasteiger partial charge < -0.3 is 4.74 Å². The Bertz CT molecular complexity index is 970. The summed E-state index contributed by atoms with van der Waals surface area (Å²) in [5, 5.41) is 3.42. The second-order valence-corrected chi connectivity index (χ2v) is 5.76. The Balaban J connectivity index is 2.13. The summed E-state index contributed by atoms with van der Waals surface area (Å²) in [6.07, 6.45) is -0.669. The van der Waals surface area contributed by atoms with Crippen molar-refractivity contribution in [2.45, 2.75) is 13.5 Å². The number of carbonyl (C=O) groups excluding carboxylic acids is 1. The number of nitrogens with zero attached hydrogens (tertiary/aromatic N) is 2. The molecule has 3 rings (SSSR count). The van der Waals surface area contributed by atoms with Crippen LogP contribution in [-0.2, 0) is 11.3 Å². The number of rotatable bonds is 4. The highest BCUT2D eigenvalue weighted by Gasteiger charge is 2.14. The first kappa shape index (κ1) is 17.0. The number of anilines is 1. The van der Waals surface area contributed by atoms with E-state index in [1.165, 1.54) is 4.57 Å². The molecule has 7 heteroatoms. The summed E-state index contributed by atoms with van der Waals surface area (Å²) in [6, 6.07) is 14.3. The minimum Gasteiger partial charge on any atom is -0.450 e. The van der Waals surface area contributed by atoms with Crippen molar-refractivity contribution in [3.8, 4) is 0 Å². The summed E-state index contributed by atoms with van der Waals surface area (Å²) in [4.78, 5) is 29.1. The number of ether oxygens (including phenoxy) is 1. The fourth-order valence-electron chi connectivity index (χ4n) is 2.46. The van der Waals surface area contributed by atoms with Crippen LogP contribution in [0.2, 0.25) is 5.02 Å². The molecular formula is C18H16ClN3O3. The molecule has 1 aromatic heterocycles. The predicted molar refractivity (Wildman–Crippen MR) is 97.2 cm³/mol. The number of benzene rings is 2. The molecule has 0 aliphatic carbocycles. The maximum Gasteiger partial charge on any atom is 0.413 e. The lowest BCUT2D eigenvalue weighted by Crippen LogP contribution is -2.28. The van der Waals surface area contributed by atoms with E-state index in [1.807, 2.05) is 30.3 Å². The lowest BCUT2D eigenvalue weighted by molar-refractivity contribution is 0.167. The highest BCUT2D eigenvalue weighted by atomic mass is 35.5. The van der Waals surface area contributed by atoms with E-state index in [1.54, 1.807) is 25.1 Å². The molecule has 2 aromatic carbocycles. The number of nitrogens with one attached hydrogen (secondary N) is 1. The molecule has 1 amide bonds. The Morgan fingerprint density at radius 3 is 2.72 bits per heavy atom. The summed E-state index contributed by atoms with van der Waals surface area (Å²) < 4.78 is 6.30. The Hall–Kier alpha value is -2.86. The van der Waals surface area contributed by atoms with Gasteiger partial charge in [0.2, 0.25) is 5.95 Å². The van der Waals surface area contributed by atoms with Gasteiger partial charge in [-0.25, -0.2) is 9.78 Å². The van der Waals surface area contributed by atoms with Crippen molar-refractivity contribution in [3.63, 3.8) is 0 Å². The number of hydrogen-bond donors (Lipinski definition) is 1. The molecule has 0 fully saturated rings. The SMILES string of the molecule is CCOC(=O)Nc1nc2cc(Cl)ccc2c(=O)n1Cc1ccccc1. The monoisotopic (exact) mass is 357 g/mol. The summed E-state index contributed by atoms with van der Waals surface area (Å²) >= 11 is 5.99. The van der Waals surface area contributed by atoms with Gasteiger partial charge in [0, 0.05) is 5.02 Å². The lowest BCUT2D eigenvalue weighted by atomic mass is 10.2. The first-order valence-corrected chi connectivity index (χ1v) is 8.14. The highest BCUT2D eigenvalue weighted by molar-refractivity contribution is 6.31. The molecule has 0 saturated carbocycles. The molecule has 25 heavy (non-hydrogen) atoms. The van der Waals surface area contributed by atoms with Crippen LogP contribution < -0.4 is 10.9 Å². The van der Waals surface area contributed by atoms with E-state index in [4.69, 9.17) is 16.3 Å². The van der Waals surface area contributed by atoms with Crippen LogP contribution in [-0.4, -0.2) is 22.3 Å². The maximum atomic E-state index is 12.9. The van der Waals surface area contributed by atoms with Gasteiger partial charge in [-0.1, -0.05) is 41.9 Å². The Morgan fingerprint density at radius 2 is 2.00 bits per heavy atom. The molecule has 0 unspecified atom stereocenters. The quantitative estimate of drug-likeness (QED) is 0.773. The second kappa shape index (κ2) is 7.36. The van der Waals surface area contributed by atoms with Crippen LogP contribution in [0.4, 0.5) is 10.7 Å². The first-order chi connectivity index (χ1) is 12.1. The van der Waals surface area contributed by atoms with Crippen molar-refractivity contribution in [2.24, 2.45) is 0 Å². The van der Waals surface area contributed by atoms with Crippen LogP contribution in [0.3, 0.4) is 0 Å². The zero-order chi connectivity index (χ0) is 17.8. The van der Waals surface area contributed by atoms with Gasteiger partial charge in [-0.15, -0.1) is 0 Å². The number of hydrogen-bond acceptors (Lipinski definition) is 4. The molecule has 0 bridgehead atoms. The summed E-state index contributed by atoms with van der Waals surface area (Å²) in [5.41, 5.74) is 1.05. The summed E-state index contributed by atoms with van der Waals surface area (Å²) in [7, 11) is 0. The van der Waals surface area contributed by atoms with E-state index in [-0.39, 0.29) is 24.7 Å². The third kappa shape index (κ3) is 3.80. The average molecular weight is 358 g/mol. The van der Waals surface area contributed by atoms with Crippen LogP contribution in [0.25, 0.3) is 10.9 Å². The first-order valence-electron chi connectivity index (χ1n) is 7.76. The third-order valence-corrected chi connectivity index (χ3v) is 3.83. The van der Waals surface area contributed by atoms with Crippen LogP contribution in [0.15, 0.2) is 53.3 Å². The smallest absolute Gasteiger partial charge is 0.413 e. The molecule has 1 heterocycles. The van der Waals surface area contributed by atoms with Gasteiger partial charge in [-0.05, 0) is 30.7 Å². The number of amides is 1. The van der Waals surface area contributed by atoms with Crippen molar-refractivity contribution in [1.29, 1.82) is 0 Å². The Labute approximate surface area is 149 Å². The second-order valence-electron chi connectivity index (χ2n) is 5.32. The predicted octanol–water partition coefficient (Wildman–Crippen LogP) is 3.67. The molecule has 3 aromatic rings. The van der Waals surface area contributed by atoms with Gasteiger partial charge >= 0.3 is 6.09 Å². The van der Waals surface area contributed by atoms with Gasteiger partial charge in [-0.3, -0.25) is 14.7 Å². The van der Waals surface area contributed by atoms with Crippen LogP contribution in [0, 0.1) is 0 Å². The van der Waals surface area contributed by atoms with Crippen molar-refractivity contribution >= 4 is 34.5 Å². The van der Waals surface area contributed by atoms with E-state index >= 15 is 0 Å². The molecule has 128 valence electrons. The van der Waals surface area contributed by atoms with Crippen LogP contribution in [0.1, 0.15) is 12.5 Å². The fourth-order valence-corrected chi connectivity index (χ4v) is 2.63. The molecule has 0 atom stereocenters. The molecule has 0 aliphatic rings. The topological polar surface area (TPSA) is 73.2 Å². The summed E-state index contributed by atoms with van der Waals surface area (Å²) in [6.45, 7) is 2.19. The van der Waals surface area contributed by atoms with E-state index in [0.29, 0.717) is 15.9 Å². The van der Waals surface area contributed by atoms with E-state index in [9.17, 15) is 9.59 Å². The number of fused-ring (bicyclic) bond motifs is 1. The van der Waals surface area contributed by atoms with E-state index in [0.717, 1.165) is 5.56 Å². The van der Waals surface area contributed by atoms with Crippen LogP contribution in [0.5, 0.6) is 0 Å². The standard InChI is InChI=1S/C18H16ClN3O3/c1-2-25-18(24)21-17-20-15-10-13(19)8-9-14(15)16(23)22(17)11-12-6-4-3-5-7-12/h3-10H,2,11H2,1H3,(H,20,21,24). The number of aromatic nitrogens is 2. The minimum absolute atomic E-state index is 0.113. The molecule has 0 spiro atoms. The molecule has 0 radical (unpaired) electrons. The molecule has 0 aliphatic heterocycles. The highest BCUT2D eigenvalue weighted by Crippen LogP contribution is 2.18. The number of halogens is 1. The minimum atomic E-state index is -0.669. The van der Waals surface area contributed by atoms with Crippen LogP contribution >= 0.6 is 11.6 Å². The van der Waals surface area contributed by atoms with Gasteiger partial charge in [-0.2, -0.15) is 0 Å². The zero-order valence-corrected chi connectivity index (χ0v) is 14.3. The van der Waals surface area contributed by atoms with Crippen molar-refractivity contribution < 1.29 is 9.53 Å². The molecular weight excluding hydrogens is 342 g/mol. The van der Waals surface area contributed by atoms with Gasteiger partial charge in [0.15, 0.2) is 0 Å². The molecule has 6 nitrogen and oxygen atoms in total. The molecule has 1 N–H and O–H groups in total. The third-order valence-electron chi connectivity index (χ3n) is 3.59. The van der Waals surface area contributed by atoms with Crippen molar-refractivity contribution in [3.05, 3.63) is 69.5 Å². The lowest BCUT2D eigenvalue weighted by Gasteiger charge is -2.14. The fraction of sp³-hybridized carbons (Fsp3) is 0.167. The zero-order valence-electron chi connectivity index (χ0n) is 13.5. The van der Waals surface area contributed by atoms with Crippen molar-refractivity contribution in [2.75, 3.05) is 11.9 Å². The largest absolute Gasteiger partial charge is 0.450 e. The Kier molecular flexibility index (Phi) is 5.00. The van der Waals surface area contributed by atoms with Crippen molar-refractivity contribution in [1.82, 2.24) is 9.55 Å².